The van der Waals surface area contributed by atoms with E-state index in [1.165, 1.54) is 6.07 Å². The Morgan fingerprint density at radius 2 is 1.78 bits per heavy atom. The number of piperazine rings is 1. The highest BCUT2D eigenvalue weighted by Gasteiger charge is 2.18. The van der Waals surface area contributed by atoms with Crippen molar-refractivity contribution in [2.24, 2.45) is 0 Å². The second-order valence-electron chi connectivity index (χ2n) is 5.34. The summed E-state index contributed by atoms with van der Waals surface area (Å²) in [4.78, 5) is 14.6. The molecule has 0 unspecified atom stereocenters. The number of halogens is 2. The van der Waals surface area contributed by atoms with Crippen molar-refractivity contribution in [1.29, 1.82) is 0 Å². The van der Waals surface area contributed by atoms with Crippen LogP contribution in [0.3, 0.4) is 0 Å². The molecule has 1 aliphatic rings. The summed E-state index contributed by atoms with van der Waals surface area (Å²) in [5.41, 5.74) is 1.58. The number of carbonyl (C=O) groups is 1. The van der Waals surface area contributed by atoms with Crippen molar-refractivity contribution in [3.05, 3.63) is 59.7 Å². The van der Waals surface area contributed by atoms with Crippen LogP contribution in [0.2, 0.25) is 0 Å². The minimum Gasteiger partial charge on any atom is -0.368 e. The maximum absolute atomic E-state index is 13.3. The van der Waals surface area contributed by atoms with E-state index in [2.05, 4.69) is 15.5 Å². The maximum atomic E-state index is 13.3. The number of para-hydroxylation sites is 1. The van der Waals surface area contributed by atoms with Crippen LogP contribution in [0.15, 0.2) is 42.5 Å². The molecular weight excluding hydrogens is 300 g/mol. The van der Waals surface area contributed by atoms with E-state index >= 15 is 0 Å². The van der Waals surface area contributed by atoms with Gasteiger partial charge in [-0.05, 0) is 24.3 Å². The first-order valence-electron chi connectivity index (χ1n) is 7.46. The van der Waals surface area contributed by atoms with Gasteiger partial charge in [0.1, 0.15) is 0 Å². The zero-order valence-corrected chi connectivity index (χ0v) is 12.5. The first kappa shape index (κ1) is 15.4. The van der Waals surface area contributed by atoms with Crippen LogP contribution in [0, 0.1) is 11.6 Å². The van der Waals surface area contributed by atoms with Gasteiger partial charge in [-0.25, -0.2) is 8.78 Å². The molecule has 0 atom stereocenters. The number of anilines is 2. The van der Waals surface area contributed by atoms with Crippen molar-refractivity contribution in [1.82, 2.24) is 5.32 Å². The first-order chi connectivity index (χ1) is 11.1. The van der Waals surface area contributed by atoms with Crippen molar-refractivity contribution in [2.45, 2.75) is 0 Å². The Kier molecular flexibility index (Phi) is 4.52. The predicted molar refractivity (Wildman–Crippen MR) is 85.8 cm³/mol. The lowest BCUT2D eigenvalue weighted by atomic mass is 10.1. The van der Waals surface area contributed by atoms with E-state index in [1.807, 2.05) is 12.1 Å². The van der Waals surface area contributed by atoms with Crippen molar-refractivity contribution in [2.75, 3.05) is 36.4 Å². The highest BCUT2D eigenvalue weighted by atomic mass is 19.2. The molecular formula is C17H17F2N3O. The van der Waals surface area contributed by atoms with Crippen LogP contribution in [0.4, 0.5) is 20.2 Å². The summed E-state index contributed by atoms with van der Waals surface area (Å²) in [7, 11) is 0. The van der Waals surface area contributed by atoms with Gasteiger partial charge in [-0.3, -0.25) is 4.79 Å². The van der Waals surface area contributed by atoms with Gasteiger partial charge in [0.25, 0.3) is 5.91 Å². The molecule has 2 N–H and O–H groups in total. The van der Waals surface area contributed by atoms with Crippen LogP contribution < -0.4 is 15.5 Å². The molecule has 0 aliphatic carbocycles. The zero-order chi connectivity index (χ0) is 16.2. The highest BCUT2D eigenvalue weighted by molar-refractivity contribution is 6.08. The second kappa shape index (κ2) is 6.75. The van der Waals surface area contributed by atoms with Gasteiger partial charge in [0.2, 0.25) is 0 Å². The van der Waals surface area contributed by atoms with Gasteiger partial charge in [-0.15, -0.1) is 0 Å². The molecule has 1 fully saturated rings. The SMILES string of the molecule is O=C(Nc1ccc(F)c(F)c1)c1ccccc1N1CCNCC1. The third-order valence-corrected chi connectivity index (χ3v) is 3.78. The fraction of sp³-hybridized carbons (Fsp3) is 0.235. The van der Waals surface area contributed by atoms with E-state index in [0.29, 0.717) is 5.56 Å². The van der Waals surface area contributed by atoms with Crippen molar-refractivity contribution in [3.8, 4) is 0 Å². The molecule has 2 aromatic rings. The molecule has 0 saturated carbocycles. The molecule has 6 heteroatoms. The van der Waals surface area contributed by atoms with Crippen LogP contribution >= 0.6 is 0 Å². The van der Waals surface area contributed by atoms with E-state index in [0.717, 1.165) is 44.0 Å². The number of amides is 1. The monoisotopic (exact) mass is 317 g/mol. The zero-order valence-electron chi connectivity index (χ0n) is 12.5. The summed E-state index contributed by atoms with van der Waals surface area (Å²) in [6, 6.07) is 10.6. The molecule has 1 heterocycles. The van der Waals surface area contributed by atoms with Crippen LogP contribution in [0.1, 0.15) is 10.4 Å². The second-order valence-corrected chi connectivity index (χ2v) is 5.34. The number of hydrogen-bond acceptors (Lipinski definition) is 3. The van der Waals surface area contributed by atoms with Crippen LogP contribution in [0.25, 0.3) is 0 Å². The average molecular weight is 317 g/mol. The molecule has 1 amide bonds. The molecule has 3 rings (SSSR count). The third-order valence-electron chi connectivity index (χ3n) is 3.78. The largest absolute Gasteiger partial charge is 0.368 e. The molecule has 0 spiro atoms. The number of hydrogen-bond donors (Lipinski definition) is 2. The summed E-state index contributed by atoms with van der Waals surface area (Å²) in [5, 5.41) is 5.88. The molecule has 4 nitrogen and oxygen atoms in total. The predicted octanol–water partition coefficient (Wildman–Crippen LogP) is 2.63. The van der Waals surface area contributed by atoms with Gasteiger partial charge >= 0.3 is 0 Å². The molecule has 23 heavy (non-hydrogen) atoms. The molecule has 1 aliphatic heterocycles. The quantitative estimate of drug-likeness (QED) is 0.915. The smallest absolute Gasteiger partial charge is 0.257 e. The van der Waals surface area contributed by atoms with Gasteiger partial charge in [0.15, 0.2) is 11.6 Å². The Morgan fingerprint density at radius 3 is 2.52 bits per heavy atom. The van der Waals surface area contributed by atoms with Gasteiger partial charge in [-0.2, -0.15) is 0 Å². The maximum Gasteiger partial charge on any atom is 0.257 e. The van der Waals surface area contributed by atoms with Crippen LogP contribution in [-0.2, 0) is 0 Å². The van der Waals surface area contributed by atoms with E-state index in [9.17, 15) is 13.6 Å². The number of nitrogens with one attached hydrogen (secondary N) is 2. The molecule has 0 bridgehead atoms. The van der Waals surface area contributed by atoms with Gasteiger partial charge in [0.05, 0.1) is 5.56 Å². The lowest BCUT2D eigenvalue weighted by molar-refractivity contribution is 0.102. The van der Waals surface area contributed by atoms with Crippen LogP contribution in [-0.4, -0.2) is 32.1 Å². The van der Waals surface area contributed by atoms with Crippen molar-refractivity contribution < 1.29 is 13.6 Å². The Labute approximate surface area is 133 Å². The molecule has 2 aromatic carbocycles. The Morgan fingerprint density at radius 1 is 1.04 bits per heavy atom. The number of rotatable bonds is 3. The number of carbonyl (C=O) groups excluding carboxylic acids is 1. The first-order valence-corrected chi connectivity index (χ1v) is 7.46. The summed E-state index contributed by atoms with van der Waals surface area (Å²) < 4.78 is 26.2. The lowest BCUT2D eigenvalue weighted by Gasteiger charge is -2.30. The van der Waals surface area contributed by atoms with E-state index in [4.69, 9.17) is 0 Å². The van der Waals surface area contributed by atoms with Crippen molar-refractivity contribution >= 4 is 17.3 Å². The molecule has 1 saturated heterocycles. The topological polar surface area (TPSA) is 44.4 Å². The summed E-state index contributed by atoms with van der Waals surface area (Å²) in [5.74, 6) is -2.27. The fourth-order valence-electron chi connectivity index (χ4n) is 2.62. The van der Waals surface area contributed by atoms with Gasteiger partial charge in [0, 0.05) is 43.6 Å². The summed E-state index contributed by atoms with van der Waals surface area (Å²) in [6.07, 6.45) is 0. The fourth-order valence-corrected chi connectivity index (χ4v) is 2.62. The Hall–Kier alpha value is -2.47. The summed E-state index contributed by atoms with van der Waals surface area (Å²) >= 11 is 0. The van der Waals surface area contributed by atoms with E-state index < -0.39 is 11.6 Å². The summed E-state index contributed by atoms with van der Waals surface area (Å²) in [6.45, 7) is 3.35. The van der Waals surface area contributed by atoms with Gasteiger partial charge in [-0.1, -0.05) is 12.1 Å². The third kappa shape index (κ3) is 3.48. The number of benzene rings is 2. The average Bonchev–Trinajstić information content (AvgIpc) is 2.59. The lowest BCUT2D eigenvalue weighted by Crippen LogP contribution is -2.44. The highest BCUT2D eigenvalue weighted by Crippen LogP contribution is 2.22. The normalized spacial score (nSPS) is 14.6. The van der Waals surface area contributed by atoms with E-state index in [1.54, 1.807) is 12.1 Å². The van der Waals surface area contributed by atoms with E-state index in [-0.39, 0.29) is 11.6 Å². The minimum atomic E-state index is -0.988. The molecule has 120 valence electrons. The van der Waals surface area contributed by atoms with Gasteiger partial charge < -0.3 is 15.5 Å². The van der Waals surface area contributed by atoms with Crippen LogP contribution in [0.5, 0.6) is 0 Å². The molecule has 0 aromatic heterocycles. The van der Waals surface area contributed by atoms with Crippen molar-refractivity contribution in [3.63, 3.8) is 0 Å². The number of nitrogens with zero attached hydrogens (tertiary/aromatic N) is 1. The standard InChI is InChI=1S/C17H17F2N3O/c18-14-6-5-12(11-15(14)19)21-17(23)13-3-1-2-4-16(13)22-9-7-20-8-10-22/h1-6,11,20H,7-10H2,(H,21,23). The Balaban J connectivity index is 1.83. The minimum absolute atomic E-state index is 0.226. The molecule has 0 radical (unpaired) electrons. The Bertz CT molecular complexity index is 715.